The van der Waals surface area contributed by atoms with Crippen LogP contribution < -0.4 is 5.32 Å². The van der Waals surface area contributed by atoms with Gasteiger partial charge in [-0.25, -0.2) is 0 Å². The van der Waals surface area contributed by atoms with Crippen LogP contribution in [0.3, 0.4) is 0 Å². The highest BCUT2D eigenvalue weighted by molar-refractivity contribution is 6.31. The SMILES string of the molecule is COC(=O)C(CCn1nc(C)c(Cl)c1C)NC1CC1. The maximum atomic E-state index is 11.7. The molecule has 106 valence electrons. The first kappa shape index (κ1) is 14.3. The van der Waals surface area contributed by atoms with Gasteiger partial charge >= 0.3 is 5.97 Å². The fourth-order valence-electron chi connectivity index (χ4n) is 2.09. The molecule has 1 N–H and O–H groups in total. The Morgan fingerprint density at radius 3 is 2.74 bits per heavy atom. The van der Waals surface area contributed by atoms with Crippen LogP contribution in [0.5, 0.6) is 0 Å². The van der Waals surface area contributed by atoms with Gasteiger partial charge in [0.2, 0.25) is 0 Å². The molecule has 1 aromatic heterocycles. The second-order valence-electron chi connectivity index (χ2n) is 5.01. The molecule has 1 aromatic rings. The van der Waals surface area contributed by atoms with E-state index >= 15 is 0 Å². The average Bonchev–Trinajstić information content (AvgIpc) is 3.18. The third-order valence-corrected chi connectivity index (χ3v) is 3.97. The molecule has 5 nitrogen and oxygen atoms in total. The van der Waals surface area contributed by atoms with E-state index in [-0.39, 0.29) is 12.0 Å². The number of methoxy groups -OCH3 is 1. The molecule has 1 saturated carbocycles. The third kappa shape index (κ3) is 3.48. The van der Waals surface area contributed by atoms with Crippen LogP contribution in [0.25, 0.3) is 0 Å². The highest BCUT2D eigenvalue weighted by atomic mass is 35.5. The summed E-state index contributed by atoms with van der Waals surface area (Å²) in [6.07, 6.45) is 2.93. The van der Waals surface area contributed by atoms with Gasteiger partial charge < -0.3 is 10.1 Å². The number of aromatic nitrogens is 2. The summed E-state index contributed by atoms with van der Waals surface area (Å²) in [6, 6.07) is 0.202. The van der Waals surface area contributed by atoms with Gasteiger partial charge in [0.1, 0.15) is 6.04 Å². The van der Waals surface area contributed by atoms with Crippen molar-refractivity contribution in [2.75, 3.05) is 7.11 Å². The third-order valence-electron chi connectivity index (χ3n) is 3.42. The van der Waals surface area contributed by atoms with E-state index in [1.165, 1.54) is 7.11 Å². The van der Waals surface area contributed by atoms with Gasteiger partial charge in [0.05, 0.1) is 23.5 Å². The number of carbonyl (C=O) groups excluding carboxylic acids is 1. The number of nitrogens with one attached hydrogen (secondary N) is 1. The maximum absolute atomic E-state index is 11.7. The Labute approximate surface area is 118 Å². The lowest BCUT2D eigenvalue weighted by Gasteiger charge is -2.16. The number of hydrogen-bond donors (Lipinski definition) is 1. The molecule has 1 fully saturated rings. The summed E-state index contributed by atoms with van der Waals surface area (Å²) in [5, 5.41) is 8.37. The second-order valence-corrected chi connectivity index (χ2v) is 5.39. The molecule has 6 heteroatoms. The minimum Gasteiger partial charge on any atom is -0.468 e. The molecule has 0 saturated heterocycles. The van der Waals surface area contributed by atoms with E-state index in [2.05, 4.69) is 10.4 Å². The van der Waals surface area contributed by atoms with Crippen LogP contribution in [0.1, 0.15) is 30.7 Å². The van der Waals surface area contributed by atoms with Crippen molar-refractivity contribution in [3.63, 3.8) is 0 Å². The normalized spacial score (nSPS) is 16.4. The molecule has 1 heterocycles. The lowest BCUT2D eigenvalue weighted by molar-refractivity contribution is -0.143. The average molecular weight is 286 g/mol. The van der Waals surface area contributed by atoms with Gasteiger partial charge in [-0.3, -0.25) is 9.48 Å². The van der Waals surface area contributed by atoms with Gasteiger partial charge in [-0.05, 0) is 33.1 Å². The minimum atomic E-state index is -0.264. The van der Waals surface area contributed by atoms with Gasteiger partial charge in [0.25, 0.3) is 0 Å². The van der Waals surface area contributed by atoms with Gasteiger partial charge in [-0.2, -0.15) is 5.10 Å². The zero-order valence-electron chi connectivity index (χ0n) is 11.6. The number of carbonyl (C=O) groups is 1. The van der Waals surface area contributed by atoms with E-state index < -0.39 is 0 Å². The monoisotopic (exact) mass is 285 g/mol. The lowest BCUT2D eigenvalue weighted by Crippen LogP contribution is -2.39. The summed E-state index contributed by atoms with van der Waals surface area (Å²) < 4.78 is 6.68. The van der Waals surface area contributed by atoms with Crippen LogP contribution in [-0.2, 0) is 16.1 Å². The molecule has 19 heavy (non-hydrogen) atoms. The molecular formula is C13H20ClN3O2. The minimum absolute atomic E-state index is 0.209. The van der Waals surface area contributed by atoms with Crippen molar-refractivity contribution < 1.29 is 9.53 Å². The predicted octanol–water partition coefficient (Wildman–Crippen LogP) is 1.84. The number of rotatable bonds is 6. The fourth-order valence-corrected chi connectivity index (χ4v) is 2.23. The first-order valence-corrected chi connectivity index (χ1v) is 6.94. The molecule has 0 amide bonds. The number of esters is 1. The van der Waals surface area contributed by atoms with Crippen LogP contribution in [0, 0.1) is 13.8 Å². The van der Waals surface area contributed by atoms with Crippen molar-refractivity contribution in [1.29, 1.82) is 0 Å². The lowest BCUT2D eigenvalue weighted by atomic mass is 10.2. The number of nitrogens with zero attached hydrogens (tertiary/aromatic N) is 2. The number of ether oxygens (including phenoxy) is 1. The van der Waals surface area contributed by atoms with E-state index in [9.17, 15) is 4.79 Å². The van der Waals surface area contributed by atoms with Crippen molar-refractivity contribution in [3.8, 4) is 0 Å². The van der Waals surface area contributed by atoms with Crippen molar-refractivity contribution in [2.45, 2.75) is 51.7 Å². The van der Waals surface area contributed by atoms with Crippen molar-refractivity contribution in [3.05, 3.63) is 16.4 Å². The largest absolute Gasteiger partial charge is 0.468 e. The molecule has 1 unspecified atom stereocenters. The molecule has 1 atom stereocenters. The van der Waals surface area contributed by atoms with Crippen molar-refractivity contribution in [1.82, 2.24) is 15.1 Å². The quantitative estimate of drug-likeness (QED) is 0.810. The zero-order valence-corrected chi connectivity index (χ0v) is 12.3. The topological polar surface area (TPSA) is 56.2 Å². The number of hydrogen-bond acceptors (Lipinski definition) is 4. The van der Waals surface area contributed by atoms with E-state index in [0.29, 0.717) is 24.0 Å². The summed E-state index contributed by atoms with van der Waals surface area (Å²) in [4.78, 5) is 11.7. The standard InChI is InChI=1S/C13H20ClN3O2/c1-8-12(14)9(2)17(16-8)7-6-11(13(18)19-3)15-10-4-5-10/h10-11,15H,4-7H2,1-3H3. The van der Waals surface area contributed by atoms with Crippen LogP contribution in [0.4, 0.5) is 0 Å². The summed E-state index contributed by atoms with van der Waals surface area (Å²) in [5.41, 5.74) is 1.76. The molecule has 0 radical (unpaired) electrons. The Hall–Kier alpha value is -1.07. The summed E-state index contributed by atoms with van der Waals surface area (Å²) in [5.74, 6) is -0.209. The van der Waals surface area contributed by atoms with Crippen LogP contribution >= 0.6 is 11.6 Å². The van der Waals surface area contributed by atoms with Crippen LogP contribution in [-0.4, -0.2) is 34.9 Å². The van der Waals surface area contributed by atoms with E-state index in [4.69, 9.17) is 16.3 Å². The number of halogens is 1. The van der Waals surface area contributed by atoms with E-state index in [0.717, 1.165) is 24.2 Å². The Morgan fingerprint density at radius 1 is 1.58 bits per heavy atom. The highest BCUT2D eigenvalue weighted by Gasteiger charge is 2.29. The van der Waals surface area contributed by atoms with E-state index in [1.54, 1.807) is 0 Å². The predicted molar refractivity (Wildman–Crippen MR) is 73.3 cm³/mol. The van der Waals surface area contributed by atoms with Gasteiger partial charge in [0, 0.05) is 12.6 Å². The van der Waals surface area contributed by atoms with Gasteiger partial charge in [-0.15, -0.1) is 0 Å². The molecule has 0 spiro atoms. The molecule has 0 aromatic carbocycles. The second kappa shape index (κ2) is 5.92. The summed E-state index contributed by atoms with van der Waals surface area (Å²) >= 11 is 6.11. The molecule has 1 aliphatic rings. The Balaban J connectivity index is 1.97. The fraction of sp³-hybridized carbons (Fsp3) is 0.692. The smallest absolute Gasteiger partial charge is 0.322 e. The molecular weight excluding hydrogens is 266 g/mol. The van der Waals surface area contributed by atoms with E-state index in [1.807, 2.05) is 18.5 Å². The summed E-state index contributed by atoms with van der Waals surface area (Å²) in [7, 11) is 1.42. The van der Waals surface area contributed by atoms with Gasteiger partial charge in [0.15, 0.2) is 0 Å². The Morgan fingerprint density at radius 2 is 2.26 bits per heavy atom. The maximum Gasteiger partial charge on any atom is 0.322 e. The highest BCUT2D eigenvalue weighted by Crippen LogP contribution is 2.22. The van der Waals surface area contributed by atoms with Crippen molar-refractivity contribution >= 4 is 17.6 Å². The molecule has 1 aliphatic carbocycles. The molecule has 2 rings (SSSR count). The molecule has 0 bridgehead atoms. The van der Waals surface area contributed by atoms with Crippen molar-refractivity contribution in [2.24, 2.45) is 0 Å². The zero-order chi connectivity index (χ0) is 14.0. The van der Waals surface area contributed by atoms with Gasteiger partial charge in [-0.1, -0.05) is 11.6 Å². The first-order chi connectivity index (χ1) is 9.02. The number of aryl methyl sites for hydroxylation is 2. The summed E-state index contributed by atoms with van der Waals surface area (Å²) in [6.45, 7) is 4.47. The molecule has 0 aliphatic heterocycles. The van der Waals surface area contributed by atoms with Crippen LogP contribution in [0.15, 0.2) is 0 Å². The first-order valence-electron chi connectivity index (χ1n) is 6.56. The Kier molecular flexibility index (Phi) is 4.47. The Bertz CT molecular complexity index is 469. The van der Waals surface area contributed by atoms with Crippen LogP contribution in [0.2, 0.25) is 5.02 Å².